The lowest BCUT2D eigenvalue weighted by atomic mass is 9.61. The van der Waals surface area contributed by atoms with Crippen molar-refractivity contribution in [2.75, 3.05) is 0 Å². The van der Waals surface area contributed by atoms with Gasteiger partial charge in [-0.3, -0.25) is 4.79 Å². The van der Waals surface area contributed by atoms with Crippen LogP contribution in [0.3, 0.4) is 0 Å². The van der Waals surface area contributed by atoms with E-state index in [2.05, 4.69) is 0 Å². The second kappa shape index (κ2) is 2.48. The molecule has 0 amide bonds. The number of rotatable bonds is 1. The van der Waals surface area contributed by atoms with Gasteiger partial charge >= 0.3 is 0 Å². The van der Waals surface area contributed by atoms with Gasteiger partial charge in [0.1, 0.15) is 0 Å². The Kier molecular flexibility index (Phi) is 1.71. The molecule has 0 N–H and O–H groups in total. The molecular weight excluding hydrogens is 160 g/mol. The van der Waals surface area contributed by atoms with E-state index in [4.69, 9.17) is 11.6 Å². The summed E-state index contributed by atoms with van der Waals surface area (Å²) < 4.78 is 0. The standard InChI is InChI=1S/C9H13ClO/c10-8(11)7-5-9(6-7)3-1-2-4-9/h7H,1-6H2. The third kappa shape index (κ3) is 1.20. The van der Waals surface area contributed by atoms with E-state index < -0.39 is 0 Å². The number of hydrogen-bond acceptors (Lipinski definition) is 1. The van der Waals surface area contributed by atoms with Gasteiger partial charge in [0, 0.05) is 5.92 Å². The fraction of sp³-hybridized carbons (Fsp3) is 0.889. The van der Waals surface area contributed by atoms with E-state index in [-0.39, 0.29) is 11.2 Å². The lowest BCUT2D eigenvalue weighted by Crippen LogP contribution is -2.37. The minimum absolute atomic E-state index is 0.109. The van der Waals surface area contributed by atoms with E-state index in [1.165, 1.54) is 25.7 Å². The molecule has 2 heteroatoms. The van der Waals surface area contributed by atoms with Crippen molar-refractivity contribution in [2.24, 2.45) is 11.3 Å². The number of halogens is 1. The summed E-state index contributed by atoms with van der Waals surface area (Å²) in [5.74, 6) is 0.203. The van der Waals surface area contributed by atoms with Crippen molar-refractivity contribution in [3.8, 4) is 0 Å². The second-order valence-corrected chi connectivity index (χ2v) is 4.49. The summed E-state index contributed by atoms with van der Waals surface area (Å²) in [5.41, 5.74) is 0.565. The van der Waals surface area contributed by atoms with Gasteiger partial charge in [0.2, 0.25) is 5.24 Å². The van der Waals surface area contributed by atoms with Crippen LogP contribution in [0, 0.1) is 11.3 Å². The largest absolute Gasteiger partial charge is 0.281 e. The van der Waals surface area contributed by atoms with Crippen LogP contribution in [0.5, 0.6) is 0 Å². The fourth-order valence-electron chi connectivity index (χ4n) is 2.68. The highest BCUT2D eigenvalue weighted by molar-refractivity contribution is 6.64. The Morgan fingerprint density at radius 2 is 1.82 bits per heavy atom. The van der Waals surface area contributed by atoms with Crippen LogP contribution >= 0.6 is 11.6 Å². The van der Waals surface area contributed by atoms with Crippen LogP contribution in [0.2, 0.25) is 0 Å². The minimum atomic E-state index is -0.109. The molecule has 2 aliphatic rings. The monoisotopic (exact) mass is 172 g/mol. The fourth-order valence-corrected chi connectivity index (χ4v) is 2.83. The Bertz CT molecular complexity index is 174. The zero-order chi connectivity index (χ0) is 7.90. The third-order valence-corrected chi connectivity index (χ3v) is 3.65. The summed E-state index contributed by atoms with van der Waals surface area (Å²) in [5, 5.41) is -0.109. The number of hydrogen-bond donors (Lipinski definition) is 0. The Morgan fingerprint density at radius 3 is 2.27 bits per heavy atom. The molecule has 2 rings (SSSR count). The van der Waals surface area contributed by atoms with Crippen LogP contribution in [0.15, 0.2) is 0 Å². The highest BCUT2D eigenvalue weighted by Gasteiger charge is 2.47. The maximum atomic E-state index is 10.7. The number of carbonyl (C=O) groups is 1. The van der Waals surface area contributed by atoms with E-state index in [1.807, 2.05) is 0 Å². The number of carbonyl (C=O) groups excluding carboxylic acids is 1. The molecule has 1 spiro atoms. The lowest BCUT2D eigenvalue weighted by molar-refractivity contribution is -0.121. The molecule has 0 unspecified atom stereocenters. The van der Waals surface area contributed by atoms with E-state index in [0.717, 1.165) is 12.8 Å². The second-order valence-electron chi connectivity index (χ2n) is 4.12. The van der Waals surface area contributed by atoms with Gasteiger partial charge in [-0.25, -0.2) is 0 Å². The molecule has 0 atom stereocenters. The summed E-state index contributed by atoms with van der Waals surface area (Å²) in [6.45, 7) is 0. The predicted molar refractivity (Wildman–Crippen MR) is 44.5 cm³/mol. The smallest absolute Gasteiger partial charge is 0.224 e. The summed E-state index contributed by atoms with van der Waals surface area (Å²) >= 11 is 5.40. The maximum Gasteiger partial charge on any atom is 0.224 e. The zero-order valence-electron chi connectivity index (χ0n) is 6.61. The van der Waals surface area contributed by atoms with Crippen molar-refractivity contribution < 1.29 is 4.79 Å². The average Bonchev–Trinajstić information content (AvgIpc) is 2.29. The van der Waals surface area contributed by atoms with Crippen molar-refractivity contribution in [1.82, 2.24) is 0 Å². The SMILES string of the molecule is O=C(Cl)C1CC2(CCCC2)C1. The summed E-state index contributed by atoms with van der Waals surface area (Å²) in [6.07, 6.45) is 7.57. The van der Waals surface area contributed by atoms with Crippen molar-refractivity contribution in [3.05, 3.63) is 0 Å². The predicted octanol–water partition coefficient (Wildman–Crippen LogP) is 2.72. The molecule has 2 aliphatic carbocycles. The van der Waals surface area contributed by atoms with Crippen molar-refractivity contribution in [3.63, 3.8) is 0 Å². The van der Waals surface area contributed by atoms with E-state index in [9.17, 15) is 4.79 Å². The van der Waals surface area contributed by atoms with Crippen LogP contribution in [0.1, 0.15) is 38.5 Å². The van der Waals surface area contributed by atoms with Gasteiger partial charge in [0.05, 0.1) is 0 Å². The summed E-state index contributed by atoms with van der Waals surface area (Å²) in [6, 6.07) is 0. The molecule has 0 aromatic heterocycles. The molecule has 0 aromatic carbocycles. The molecule has 62 valence electrons. The highest BCUT2D eigenvalue weighted by Crippen LogP contribution is 2.56. The Morgan fingerprint density at radius 1 is 1.27 bits per heavy atom. The first-order valence-electron chi connectivity index (χ1n) is 4.41. The summed E-state index contributed by atoms with van der Waals surface area (Å²) in [7, 11) is 0. The van der Waals surface area contributed by atoms with Gasteiger partial charge in [-0.1, -0.05) is 12.8 Å². The van der Waals surface area contributed by atoms with Gasteiger partial charge in [0.25, 0.3) is 0 Å². The quantitative estimate of drug-likeness (QED) is 0.556. The molecule has 1 nitrogen and oxygen atoms in total. The molecule has 0 aromatic rings. The van der Waals surface area contributed by atoms with Crippen LogP contribution in [0.25, 0.3) is 0 Å². The van der Waals surface area contributed by atoms with Gasteiger partial charge in [0.15, 0.2) is 0 Å². The normalized spacial score (nSPS) is 28.8. The first-order valence-corrected chi connectivity index (χ1v) is 4.79. The minimum Gasteiger partial charge on any atom is -0.281 e. The molecule has 0 aliphatic heterocycles. The van der Waals surface area contributed by atoms with Crippen molar-refractivity contribution >= 4 is 16.8 Å². The molecule has 0 bridgehead atoms. The maximum absolute atomic E-state index is 10.7. The molecular formula is C9H13ClO. The van der Waals surface area contributed by atoms with Crippen LogP contribution < -0.4 is 0 Å². The Balaban J connectivity index is 1.91. The topological polar surface area (TPSA) is 17.1 Å². The van der Waals surface area contributed by atoms with Crippen LogP contribution in [0.4, 0.5) is 0 Å². The highest BCUT2D eigenvalue weighted by atomic mass is 35.5. The van der Waals surface area contributed by atoms with Gasteiger partial charge < -0.3 is 0 Å². The van der Waals surface area contributed by atoms with E-state index in [1.54, 1.807) is 0 Å². The lowest BCUT2D eigenvalue weighted by Gasteiger charge is -2.43. The van der Waals surface area contributed by atoms with E-state index in [0.29, 0.717) is 5.41 Å². The van der Waals surface area contributed by atoms with E-state index >= 15 is 0 Å². The van der Waals surface area contributed by atoms with Gasteiger partial charge in [-0.05, 0) is 42.7 Å². The summed E-state index contributed by atoms with van der Waals surface area (Å²) in [4.78, 5) is 10.7. The van der Waals surface area contributed by atoms with Crippen LogP contribution in [-0.2, 0) is 4.79 Å². The molecule has 0 saturated heterocycles. The van der Waals surface area contributed by atoms with Crippen LogP contribution in [-0.4, -0.2) is 5.24 Å². The first kappa shape index (κ1) is 7.60. The molecule has 0 radical (unpaired) electrons. The average molecular weight is 173 g/mol. The van der Waals surface area contributed by atoms with Gasteiger partial charge in [-0.2, -0.15) is 0 Å². The molecule has 0 heterocycles. The Labute approximate surface area is 72.1 Å². The Hall–Kier alpha value is -0.0400. The molecule has 2 fully saturated rings. The first-order chi connectivity index (χ1) is 5.22. The van der Waals surface area contributed by atoms with Crippen molar-refractivity contribution in [1.29, 1.82) is 0 Å². The molecule has 11 heavy (non-hydrogen) atoms. The zero-order valence-corrected chi connectivity index (χ0v) is 7.36. The van der Waals surface area contributed by atoms with Crippen molar-refractivity contribution in [2.45, 2.75) is 38.5 Å². The molecule has 2 saturated carbocycles. The van der Waals surface area contributed by atoms with Gasteiger partial charge in [-0.15, -0.1) is 0 Å². The third-order valence-electron chi connectivity index (χ3n) is 3.34.